The first-order valence-corrected chi connectivity index (χ1v) is 14.7. The Morgan fingerprint density at radius 1 is 1.04 bits per heavy atom. The van der Waals surface area contributed by atoms with E-state index in [2.05, 4.69) is 20.3 Å². The van der Waals surface area contributed by atoms with Gasteiger partial charge in [-0.05, 0) is 50.4 Å². The molecule has 2 saturated heterocycles. The van der Waals surface area contributed by atoms with Gasteiger partial charge in [-0.3, -0.25) is 19.8 Å². The van der Waals surface area contributed by atoms with Gasteiger partial charge in [0.1, 0.15) is 23.3 Å². The summed E-state index contributed by atoms with van der Waals surface area (Å²) in [5, 5.41) is 11.7. The molecule has 45 heavy (non-hydrogen) atoms. The van der Waals surface area contributed by atoms with Crippen LogP contribution in [0.2, 0.25) is 0 Å². The number of benzene rings is 1. The van der Waals surface area contributed by atoms with Crippen molar-refractivity contribution in [3.8, 4) is 17.0 Å². The van der Waals surface area contributed by atoms with Gasteiger partial charge in [0.15, 0.2) is 5.13 Å². The molecule has 0 radical (unpaired) electrons. The third-order valence-electron chi connectivity index (χ3n) is 7.79. The zero-order chi connectivity index (χ0) is 32.5. The van der Waals surface area contributed by atoms with E-state index in [1.54, 1.807) is 0 Å². The zero-order valence-electron chi connectivity index (χ0n) is 23.8. The molecule has 2 aliphatic heterocycles. The van der Waals surface area contributed by atoms with E-state index in [-0.39, 0.29) is 52.2 Å². The highest BCUT2D eigenvalue weighted by molar-refractivity contribution is 7.16. The van der Waals surface area contributed by atoms with Gasteiger partial charge >= 0.3 is 18.3 Å². The Balaban J connectivity index is 1.41. The summed E-state index contributed by atoms with van der Waals surface area (Å²) in [7, 11) is 1.19. The average Bonchev–Trinajstić information content (AvgIpc) is 3.64. The van der Waals surface area contributed by atoms with Crippen LogP contribution in [0.25, 0.3) is 11.3 Å². The highest BCUT2D eigenvalue weighted by atomic mass is 32.1. The lowest BCUT2D eigenvalue weighted by Crippen LogP contribution is -2.40. The molecule has 0 aliphatic carbocycles. The van der Waals surface area contributed by atoms with Crippen LogP contribution in [0.3, 0.4) is 0 Å². The molecule has 2 aliphatic rings. The molecule has 1 amide bonds. The minimum Gasteiger partial charge on any atom is -0.497 e. The highest BCUT2D eigenvalue weighted by Gasteiger charge is 2.46. The molecule has 1 aromatic carbocycles. The minimum atomic E-state index is -4.73. The second-order valence-electron chi connectivity index (χ2n) is 10.7. The molecule has 0 bridgehead atoms. The van der Waals surface area contributed by atoms with Crippen molar-refractivity contribution in [2.75, 3.05) is 37.0 Å². The summed E-state index contributed by atoms with van der Waals surface area (Å²) >= 11 is 0.854. The number of anilines is 2. The van der Waals surface area contributed by atoms with Crippen molar-refractivity contribution in [3.05, 3.63) is 46.7 Å². The van der Waals surface area contributed by atoms with E-state index in [0.29, 0.717) is 38.2 Å². The zero-order valence-corrected chi connectivity index (χ0v) is 24.6. The number of carbonyl (C=O) groups excluding carboxylic acids is 1. The fourth-order valence-corrected chi connectivity index (χ4v) is 6.45. The van der Waals surface area contributed by atoms with Crippen molar-refractivity contribution in [1.82, 2.24) is 19.9 Å². The van der Waals surface area contributed by atoms with Crippen LogP contribution >= 0.6 is 11.3 Å². The number of rotatable bonds is 8. The fraction of sp³-hybridized carbons (Fsp3) is 0.464. The van der Waals surface area contributed by atoms with Gasteiger partial charge in [-0.25, -0.2) is 15.0 Å². The number of likely N-dealkylation sites (tertiary alicyclic amines) is 1. The van der Waals surface area contributed by atoms with E-state index in [9.17, 15) is 41.0 Å². The van der Waals surface area contributed by atoms with Gasteiger partial charge in [-0.1, -0.05) is 11.3 Å². The Morgan fingerprint density at radius 2 is 1.78 bits per heavy atom. The molecule has 2 fully saturated rings. The predicted molar refractivity (Wildman–Crippen MR) is 151 cm³/mol. The van der Waals surface area contributed by atoms with Gasteiger partial charge < -0.3 is 14.7 Å². The van der Waals surface area contributed by atoms with Crippen molar-refractivity contribution < 1.29 is 45.8 Å². The average molecular weight is 659 g/mol. The molecule has 5 rings (SSSR count). The van der Waals surface area contributed by atoms with Crippen molar-refractivity contribution in [2.45, 2.75) is 50.6 Å². The summed E-state index contributed by atoms with van der Waals surface area (Å²) in [5.74, 6) is -1.69. The summed E-state index contributed by atoms with van der Waals surface area (Å²) in [5.41, 5.74) is -1.18. The second-order valence-corrected chi connectivity index (χ2v) is 11.8. The molecule has 1 unspecified atom stereocenters. The second kappa shape index (κ2) is 12.8. The van der Waals surface area contributed by atoms with E-state index < -0.39 is 41.8 Å². The van der Waals surface area contributed by atoms with E-state index in [1.165, 1.54) is 30.5 Å². The summed E-state index contributed by atoms with van der Waals surface area (Å²) in [6, 6.07) is 1.22. The van der Waals surface area contributed by atoms with Gasteiger partial charge in [-0.2, -0.15) is 26.3 Å². The number of hydrogen-bond donors (Lipinski definition) is 2. The molecule has 2 N–H and O–H groups in total. The number of halogens is 6. The van der Waals surface area contributed by atoms with Crippen molar-refractivity contribution >= 4 is 34.2 Å². The molecule has 0 saturated carbocycles. The van der Waals surface area contributed by atoms with Gasteiger partial charge in [0.05, 0.1) is 36.7 Å². The number of alkyl halides is 6. The Labute approximate surface area is 257 Å². The Bertz CT molecular complexity index is 1540. The lowest BCUT2D eigenvalue weighted by molar-refractivity contribution is -0.177. The summed E-state index contributed by atoms with van der Waals surface area (Å²) in [6.45, 7) is 0.784. The molecule has 2 aromatic heterocycles. The number of nitrogens with one attached hydrogen (secondary N) is 1. The number of amides is 1. The van der Waals surface area contributed by atoms with Crippen molar-refractivity contribution in [3.63, 3.8) is 0 Å². The summed E-state index contributed by atoms with van der Waals surface area (Å²) < 4.78 is 87.1. The maximum Gasteiger partial charge on any atom is 0.416 e. The SMILES string of the molecule is COc1cc(-c2nc(NC(=O)c3cnc(N4CCC(C(=O)O)CC4)cn3)sc2CN2CCCC2C(F)(F)F)cc(C(F)(F)F)c1. The number of aromatic nitrogens is 3. The van der Waals surface area contributed by atoms with Crippen LogP contribution < -0.4 is 15.0 Å². The predicted octanol–water partition coefficient (Wildman–Crippen LogP) is 5.71. The number of carbonyl (C=O) groups is 2. The number of nitrogens with zero attached hydrogens (tertiary/aromatic N) is 5. The molecule has 17 heteroatoms. The highest BCUT2D eigenvalue weighted by Crippen LogP contribution is 2.41. The molecular weight excluding hydrogens is 630 g/mol. The first-order chi connectivity index (χ1) is 21.2. The van der Waals surface area contributed by atoms with E-state index in [1.807, 2.05) is 4.90 Å². The topological polar surface area (TPSA) is 121 Å². The standard InChI is InChI=1S/C28H28F6N6O4S/c1-44-18-10-16(9-17(11-18)27(29,30)31)23-20(14-40-6-2-3-21(40)28(32,33)34)45-26(37-23)38-24(41)19-12-36-22(13-35-19)39-7-4-15(5-8-39)25(42)43/h9-13,15,21H,2-8,14H2,1H3,(H,42,43)(H,37,38,41). The third-order valence-corrected chi connectivity index (χ3v) is 8.74. The summed E-state index contributed by atoms with van der Waals surface area (Å²) in [4.78, 5) is 40.3. The minimum absolute atomic E-state index is 0.0151. The van der Waals surface area contributed by atoms with Crippen LogP contribution in [0.5, 0.6) is 5.75 Å². The number of aliphatic carboxylic acids is 1. The molecule has 4 heterocycles. The lowest BCUT2D eigenvalue weighted by Gasteiger charge is -2.30. The Morgan fingerprint density at radius 3 is 2.38 bits per heavy atom. The van der Waals surface area contributed by atoms with Crippen LogP contribution in [-0.2, 0) is 17.5 Å². The number of thiazole rings is 1. The normalized spacial score (nSPS) is 18.3. The molecule has 10 nitrogen and oxygen atoms in total. The smallest absolute Gasteiger partial charge is 0.416 e. The van der Waals surface area contributed by atoms with Crippen LogP contribution in [0, 0.1) is 5.92 Å². The maximum absolute atomic E-state index is 13.7. The number of ether oxygens (including phenoxy) is 1. The van der Waals surface area contributed by atoms with E-state index >= 15 is 0 Å². The van der Waals surface area contributed by atoms with Crippen molar-refractivity contribution in [2.24, 2.45) is 5.92 Å². The largest absolute Gasteiger partial charge is 0.497 e. The summed E-state index contributed by atoms with van der Waals surface area (Å²) in [6.07, 6.45) is -5.57. The third kappa shape index (κ3) is 7.46. The lowest BCUT2D eigenvalue weighted by atomic mass is 9.97. The quantitative estimate of drug-likeness (QED) is 0.294. The van der Waals surface area contributed by atoms with Crippen molar-refractivity contribution in [1.29, 1.82) is 0 Å². The number of hydrogen-bond acceptors (Lipinski definition) is 9. The Kier molecular flexibility index (Phi) is 9.21. The van der Waals surface area contributed by atoms with Crippen LogP contribution in [0.1, 0.15) is 46.6 Å². The van der Waals surface area contributed by atoms with Gasteiger partial charge in [-0.15, -0.1) is 0 Å². The fourth-order valence-electron chi connectivity index (χ4n) is 5.44. The van der Waals surface area contributed by atoms with E-state index in [4.69, 9.17) is 4.74 Å². The Hall–Kier alpha value is -3.99. The molecular formula is C28H28F6N6O4S. The molecule has 1 atom stereocenters. The van der Waals surface area contributed by atoms with Gasteiger partial charge in [0, 0.05) is 30.1 Å². The van der Waals surface area contributed by atoms with Crippen LogP contribution in [-0.4, -0.2) is 75.8 Å². The number of piperidine rings is 1. The van der Waals surface area contributed by atoms with Crippen LogP contribution in [0.4, 0.5) is 37.3 Å². The maximum atomic E-state index is 13.7. The van der Waals surface area contributed by atoms with E-state index in [0.717, 1.165) is 23.5 Å². The number of carboxylic acid groups (broad SMARTS) is 1. The van der Waals surface area contributed by atoms with Crippen LogP contribution in [0.15, 0.2) is 30.6 Å². The van der Waals surface area contributed by atoms with Gasteiger partial charge in [0.2, 0.25) is 0 Å². The van der Waals surface area contributed by atoms with Gasteiger partial charge in [0.25, 0.3) is 5.91 Å². The molecule has 0 spiro atoms. The monoisotopic (exact) mass is 658 g/mol. The molecule has 242 valence electrons. The first kappa shape index (κ1) is 32.4. The molecule has 3 aromatic rings. The first-order valence-electron chi connectivity index (χ1n) is 13.9. The number of methoxy groups -OCH3 is 1. The number of carboxylic acids is 1.